The first-order chi connectivity index (χ1) is 6.22. The van der Waals surface area contributed by atoms with Gasteiger partial charge in [-0.2, -0.15) is 0 Å². The third-order valence-electron chi connectivity index (χ3n) is 1.22. The van der Waals surface area contributed by atoms with Gasteiger partial charge < -0.3 is 9.84 Å². The first-order valence-corrected chi connectivity index (χ1v) is 3.94. The van der Waals surface area contributed by atoms with Gasteiger partial charge in [0, 0.05) is 0 Å². The third kappa shape index (κ3) is 3.52. The molecule has 0 bridgehead atoms. The molecule has 1 heterocycles. The van der Waals surface area contributed by atoms with Crippen LogP contribution in [0.1, 0.15) is 0 Å². The summed E-state index contributed by atoms with van der Waals surface area (Å²) in [7, 11) is 0. The Bertz CT molecular complexity index is 257. The number of alkyl halides is 1. The fourth-order valence-corrected chi connectivity index (χ4v) is 0.710. The molecule has 1 aromatic heterocycles. The zero-order valence-electron chi connectivity index (χ0n) is 6.65. The Morgan fingerprint density at radius 3 is 2.69 bits per heavy atom. The van der Waals surface area contributed by atoms with E-state index < -0.39 is 12.8 Å². The van der Waals surface area contributed by atoms with Crippen LogP contribution in [0.3, 0.4) is 0 Å². The van der Waals surface area contributed by atoms with Gasteiger partial charge in [-0.05, 0) is 11.6 Å². The number of aliphatic hydroxyl groups is 1. The number of hydrogen-bond acceptors (Lipinski definition) is 4. The number of hydrogen-bond donors (Lipinski definition) is 1. The summed E-state index contributed by atoms with van der Waals surface area (Å²) >= 11 is 5.41. The fraction of sp³-hybridized carbons (Fsp3) is 0.429. The van der Waals surface area contributed by atoms with Crippen molar-refractivity contribution >= 4 is 11.6 Å². The van der Waals surface area contributed by atoms with Crippen LogP contribution in [0.4, 0.5) is 4.39 Å². The average Bonchev–Trinajstić information content (AvgIpc) is 2.16. The second-order valence-electron chi connectivity index (χ2n) is 2.31. The van der Waals surface area contributed by atoms with Gasteiger partial charge in [0.05, 0.1) is 12.4 Å². The quantitative estimate of drug-likeness (QED) is 0.742. The zero-order chi connectivity index (χ0) is 9.68. The van der Waals surface area contributed by atoms with Crippen molar-refractivity contribution in [3.63, 3.8) is 0 Å². The molecule has 0 spiro atoms. The highest BCUT2D eigenvalue weighted by atomic mass is 35.5. The lowest BCUT2D eigenvalue weighted by atomic mass is 10.4. The first-order valence-electron chi connectivity index (χ1n) is 3.56. The Morgan fingerprint density at radius 1 is 1.54 bits per heavy atom. The van der Waals surface area contributed by atoms with E-state index in [4.69, 9.17) is 21.4 Å². The lowest BCUT2D eigenvalue weighted by Gasteiger charge is -2.07. The van der Waals surface area contributed by atoms with Crippen LogP contribution >= 0.6 is 11.6 Å². The largest absolute Gasteiger partial charge is 0.488 e. The SMILES string of the molecule is OC(CF)COc1cnc(Cl)nc1. The highest BCUT2D eigenvalue weighted by molar-refractivity contribution is 6.28. The Morgan fingerprint density at radius 2 is 2.15 bits per heavy atom. The predicted molar refractivity (Wildman–Crippen MR) is 44.5 cm³/mol. The summed E-state index contributed by atoms with van der Waals surface area (Å²) in [4.78, 5) is 7.27. The van der Waals surface area contributed by atoms with Crippen LogP contribution in [0.15, 0.2) is 12.4 Å². The summed E-state index contributed by atoms with van der Waals surface area (Å²) in [6.07, 6.45) is 1.58. The Kier molecular flexibility index (Phi) is 3.85. The minimum atomic E-state index is -1.12. The summed E-state index contributed by atoms with van der Waals surface area (Å²) in [5.74, 6) is 0.344. The first kappa shape index (κ1) is 10.1. The zero-order valence-corrected chi connectivity index (χ0v) is 7.41. The molecule has 0 fully saturated rings. The molecule has 0 amide bonds. The number of rotatable bonds is 4. The molecule has 6 heteroatoms. The second kappa shape index (κ2) is 4.94. The van der Waals surface area contributed by atoms with Crippen molar-refractivity contribution in [2.24, 2.45) is 0 Å². The molecule has 72 valence electrons. The molecule has 0 aliphatic carbocycles. The van der Waals surface area contributed by atoms with Crippen molar-refractivity contribution in [2.45, 2.75) is 6.10 Å². The van der Waals surface area contributed by atoms with Gasteiger partial charge in [0.15, 0.2) is 5.75 Å². The maximum absolute atomic E-state index is 11.8. The number of aliphatic hydroxyl groups excluding tert-OH is 1. The summed E-state index contributed by atoms with van der Waals surface area (Å²) in [6, 6.07) is 0. The number of ether oxygens (including phenoxy) is 1. The average molecular weight is 207 g/mol. The predicted octanol–water partition coefficient (Wildman–Crippen LogP) is 0.839. The normalized spacial score (nSPS) is 12.5. The molecule has 0 radical (unpaired) electrons. The third-order valence-corrected chi connectivity index (χ3v) is 1.41. The molecule has 0 aliphatic heterocycles. The summed E-state index contributed by atoms with van der Waals surface area (Å²) in [5, 5.41) is 8.92. The van der Waals surface area contributed by atoms with Crippen LogP contribution < -0.4 is 4.74 Å². The molecule has 13 heavy (non-hydrogen) atoms. The molecule has 1 N–H and O–H groups in total. The van der Waals surface area contributed by atoms with Gasteiger partial charge in [-0.25, -0.2) is 14.4 Å². The highest BCUT2D eigenvalue weighted by Gasteiger charge is 2.04. The molecule has 0 aromatic carbocycles. The van der Waals surface area contributed by atoms with E-state index in [1.165, 1.54) is 12.4 Å². The van der Waals surface area contributed by atoms with Gasteiger partial charge >= 0.3 is 0 Å². The Balaban J connectivity index is 2.41. The lowest BCUT2D eigenvalue weighted by molar-refractivity contribution is 0.0838. The highest BCUT2D eigenvalue weighted by Crippen LogP contribution is 2.08. The van der Waals surface area contributed by atoms with Gasteiger partial charge in [-0.15, -0.1) is 0 Å². The van der Waals surface area contributed by atoms with Gasteiger partial charge in [0.1, 0.15) is 19.4 Å². The Labute approximate surface area is 79.3 Å². The van der Waals surface area contributed by atoms with Crippen molar-refractivity contribution in [1.82, 2.24) is 9.97 Å². The molecule has 1 unspecified atom stereocenters. The smallest absolute Gasteiger partial charge is 0.222 e. The molecule has 1 rings (SSSR count). The van der Waals surface area contributed by atoms with E-state index in [9.17, 15) is 4.39 Å². The minimum absolute atomic E-state index is 0.110. The topological polar surface area (TPSA) is 55.2 Å². The van der Waals surface area contributed by atoms with Crippen LogP contribution in [-0.4, -0.2) is 34.5 Å². The van der Waals surface area contributed by atoms with Crippen molar-refractivity contribution in [1.29, 1.82) is 0 Å². The summed E-state index contributed by atoms with van der Waals surface area (Å²) < 4.78 is 16.7. The summed E-state index contributed by atoms with van der Waals surface area (Å²) in [5.41, 5.74) is 0. The molecule has 1 aromatic rings. The van der Waals surface area contributed by atoms with Gasteiger partial charge in [-0.1, -0.05) is 0 Å². The number of halogens is 2. The van der Waals surface area contributed by atoms with E-state index in [-0.39, 0.29) is 11.9 Å². The van der Waals surface area contributed by atoms with Crippen molar-refractivity contribution < 1.29 is 14.2 Å². The molecule has 4 nitrogen and oxygen atoms in total. The van der Waals surface area contributed by atoms with Crippen LogP contribution in [-0.2, 0) is 0 Å². The van der Waals surface area contributed by atoms with Crippen molar-refractivity contribution in [3.8, 4) is 5.75 Å². The van der Waals surface area contributed by atoms with Gasteiger partial charge in [0.2, 0.25) is 5.28 Å². The van der Waals surface area contributed by atoms with Gasteiger partial charge in [-0.3, -0.25) is 0 Å². The van der Waals surface area contributed by atoms with Gasteiger partial charge in [0.25, 0.3) is 0 Å². The molecule has 0 saturated carbocycles. The molecule has 0 aliphatic rings. The van der Waals surface area contributed by atoms with E-state index in [0.29, 0.717) is 5.75 Å². The molecule has 1 atom stereocenters. The lowest BCUT2D eigenvalue weighted by Crippen LogP contribution is -2.19. The van der Waals surface area contributed by atoms with E-state index in [0.717, 1.165) is 0 Å². The maximum Gasteiger partial charge on any atom is 0.222 e. The molecular formula is C7H8ClFN2O2. The molecule has 0 saturated heterocycles. The van der Waals surface area contributed by atoms with E-state index in [2.05, 4.69) is 9.97 Å². The van der Waals surface area contributed by atoms with Crippen LogP contribution in [0.5, 0.6) is 5.75 Å². The minimum Gasteiger partial charge on any atom is -0.488 e. The maximum atomic E-state index is 11.8. The van der Waals surface area contributed by atoms with E-state index in [1.54, 1.807) is 0 Å². The number of nitrogens with zero attached hydrogens (tertiary/aromatic N) is 2. The van der Waals surface area contributed by atoms with Crippen LogP contribution in [0.2, 0.25) is 5.28 Å². The van der Waals surface area contributed by atoms with Crippen molar-refractivity contribution in [2.75, 3.05) is 13.3 Å². The van der Waals surface area contributed by atoms with E-state index in [1.807, 2.05) is 0 Å². The Hall–Kier alpha value is -0.940. The standard InChI is InChI=1S/C7H8ClFN2O2/c8-7-10-2-6(3-11-7)13-4-5(12)1-9/h2-3,5,12H,1,4H2. The van der Waals surface area contributed by atoms with Crippen LogP contribution in [0, 0.1) is 0 Å². The summed E-state index contributed by atoms with van der Waals surface area (Å²) in [6.45, 7) is -0.962. The van der Waals surface area contributed by atoms with Crippen molar-refractivity contribution in [3.05, 3.63) is 17.7 Å². The number of aromatic nitrogens is 2. The van der Waals surface area contributed by atoms with Crippen LogP contribution in [0.25, 0.3) is 0 Å². The fourth-order valence-electron chi connectivity index (χ4n) is 0.612. The van der Waals surface area contributed by atoms with E-state index >= 15 is 0 Å². The second-order valence-corrected chi connectivity index (χ2v) is 2.64. The molecular weight excluding hydrogens is 199 g/mol. The monoisotopic (exact) mass is 206 g/mol.